The molecule has 0 saturated heterocycles. The SMILES string of the molecule is CN(C)c1ccc(NC(=O)NC2(CC(=O)O)CCC2)cc1. The third-order valence-corrected chi connectivity index (χ3v) is 3.82. The van der Waals surface area contributed by atoms with Crippen molar-refractivity contribution in [2.24, 2.45) is 0 Å². The monoisotopic (exact) mass is 291 g/mol. The fourth-order valence-corrected chi connectivity index (χ4v) is 2.49. The zero-order valence-corrected chi connectivity index (χ0v) is 12.3. The Labute approximate surface area is 124 Å². The summed E-state index contributed by atoms with van der Waals surface area (Å²) in [4.78, 5) is 24.8. The van der Waals surface area contributed by atoms with Crippen molar-refractivity contribution < 1.29 is 14.7 Å². The first-order valence-corrected chi connectivity index (χ1v) is 6.99. The second-order valence-corrected chi connectivity index (χ2v) is 5.72. The van der Waals surface area contributed by atoms with E-state index >= 15 is 0 Å². The van der Waals surface area contributed by atoms with Crippen LogP contribution in [0.5, 0.6) is 0 Å². The molecule has 3 N–H and O–H groups in total. The molecule has 1 aromatic carbocycles. The molecular formula is C15H21N3O3. The molecule has 6 nitrogen and oxygen atoms in total. The molecule has 0 aliphatic heterocycles. The maximum atomic E-state index is 12.0. The van der Waals surface area contributed by atoms with Gasteiger partial charge in [0.05, 0.1) is 12.0 Å². The third-order valence-electron chi connectivity index (χ3n) is 3.82. The van der Waals surface area contributed by atoms with Crippen LogP contribution in [0.4, 0.5) is 16.2 Å². The van der Waals surface area contributed by atoms with Crippen molar-refractivity contribution in [1.29, 1.82) is 0 Å². The Bertz CT molecular complexity index is 521. The Morgan fingerprint density at radius 1 is 1.24 bits per heavy atom. The molecule has 0 unspecified atom stereocenters. The highest BCUT2D eigenvalue weighted by atomic mass is 16.4. The van der Waals surface area contributed by atoms with E-state index in [0.717, 1.165) is 12.1 Å². The molecule has 2 amide bonds. The number of nitrogens with one attached hydrogen (secondary N) is 2. The molecule has 1 fully saturated rings. The number of carboxylic acids is 1. The number of hydrogen-bond acceptors (Lipinski definition) is 3. The van der Waals surface area contributed by atoms with Crippen LogP contribution in [0.3, 0.4) is 0 Å². The van der Waals surface area contributed by atoms with E-state index in [-0.39, 0.29) is 12.5 Å². The van der Waals surface area contributed by atoms with Gasteiger partial charge in [0.1, 0.15) is 0 Å². The number of aliphatic carboxylic acids is 1. The lowest BCUT2D eigenvalue weighted by Gasteiger charge is -2.41. The number of anilines is 2. The fourth-order valence-electron chi connectivity index (χ4n) is 2.49. The summed E-state index contributed by atoms with van der Waals surface area (Å²) in [5, 5.41) is 14.5. The zero-order chi connectivity index (χ0) is 15.5. The fraction of sp³-hybridized carbons (Fsp3) is 0.467. The zero-order valence-electron chi connectivity index (χ0n) is 12.3. The molecule has 0 atom stereocenters. The topological polar surface area (TPSA) is 81.7 Å². The van der Waals surface area contributed by atoms with E-state index in [1.165, 1.54) is 0 Å². The van der Waals surface area contributed by atoms with Crippen LogP contribution in [-0.2, 0) is 4.79 Å². The van der Waals surface area contributed by atoms with E-state index in [9.17, 15) is 9.59 Å². The van der Waals surface area contributed by atoms with Gasteiger partial charge in [0.15, 0.2) is 0 Å². The average molecular weight is 291 g/mol. The first-order chi connectivity index (χ1) is 9.90. The molecule has 1 aliphatic carbocycles. The quantitative estimate of drug-likeness (QED) is 0.777. The second-order valence-electron chi connectivity index (χ2n) is 5.72. The summed E-state index contributed by atoms with van der Waals surface area (Å²) in [7, 11) is 3.89. The normalized spacial score (nSPS) is 15.7. The Morgan fingerprint density at radius 2 is 1.86 bits per heavy atom. The molecule has 0 bridgehead atoms. The molecule has 2 rings (SSSR count). The van der Waals surface area contributed by atoms with Crippen LogP contribution in [0.25, 0.3) is 0 Å². The lowest BCUT2D eigenvalue weighted by Crippen LogP contribution is -2.55. The summed E-state index contributed by atoms with van der Waals surface area (Å²) in [5.41, 5.74) is 1.14. The second kappa shape index (κ2) is 6.03. The predicted octanol–water partition coefficient (Wildman–Crippen LogP) is 2.27. The van der Waals surface area contributed by atoms with Gasteiger partial charge in [-0.25, -0.2) is 4.79 Å². The van der Waals surface area contributed by atoms with Crippen LogP contribution in [0.1, 0.15) is 25.7 Å². The van der Waals surface area contributed by atoms with Crippen LogP contribution >= 0.6 is 0 Å². The predicted molar refractivity (Wildman–Crippen MR) is 81.8 cm³/mol. The molecular weight excluding hydrogens is 270 g/mol. The number of hydrogen-bond donors (Lipinski definition) is 3. The van der Waals surface area contributed by atoms with Crippen LogP contribution in [0, 0.1) is 0 Å². The van der Waals surface area contributed by atoms with Crippen molar-refractivity contribution in [3.05, 3.63) is 24.3 Å². The molecule has 0 aromatic heterocycles. The van der Waals surface area contributed by atoms with Gasteiger partial charge < -0.3 is 20.6 Å². The summed E-state index contributed by atoms with van der Waals surface area (Å²) >= 11 is 0. The molecule has 1 aliphatic rings. The minimum absolute atomic E-state index is 0.0278. The van der Waals surface area contributed by atoms with Crippen LogP contribution in [0.2, 0.25) is 0 Å². The number of amides is 2. The maximum absolute atomic E-state index is 12.0. The standard InChI is InChI=1S/C15H21N3O3/c1-18(2)12-6-4-11(5-7-12)16-14(21)17-15(8-3-9-15)10-13(19)20/h4-7H,3,8-10H2,1-2H3,(H,19,20)(H2,16,17,21). The molecule has 0 spiro atoms. The molecule has 6 heteroatoms. The van der Waals surface area contributed by atoms with Gasteiger partial charge in [-0.1, -0.05) is 0 Å². The highest BCUT2D eigenvalue weighted by Gasteiger charge is 2.40. The van der Waals surface area contributed by atoms with Gasteiger partial charge >= 0.3 is 12.0 Å². The molecule has 1 saturated carbocycles. The van der Waals surface area contributed by atoms with Gasteiger partial charge in [0, 0.05) is 25.5 Å². The van der Waals surface area contributed by atoms with Crippen molar-refractivity contribution in [2.75, 3.05) is 24.3 Å². The van der Waals surface area contributed by atoms with Gasteiger partial charge in [0.2, 0.25) is 0 Å². The van der Waals surface area contributed by atoms with Crippen LogP contribution in [-0.4, -0.2) is 36.7 Å². The number of carboxylic acid groups (broad SMARTS) is 1. The van der Waals surface area contributed by atoms with Crippen molar-refractivity contribution in [3.8, 4) is 0 Å². The van der Waals surface area contributed by atoms with Crippen molar-refractivity contribution in [2.45, 2.75) is 31.2 Å². The number of urea groups is 1. The first kappa shape index (κ1) is 15.2. The summed E-state index contributed by atoms with van der Waals surface area (Å²) in [6.07, 6.45) is 2.35. The largest absolute Gasteiger partial charge is 0.481 e. The number of nitrogens with zero attached hydrogens (tertiary/aromatic N) is 1. The molecule has 114 valence electrons. The van der Waals surface area contributed by atoms with Gasteiger partial charge in [-0.05, 0) is 43.5 Å². The number of carbonyl (C=O) groups excluding carboxylic acids is 1. The summed E-state index contributed by atoms with van der Waals surface area (Å²) in [5.74, 6) is -0.884. The highest BCUT2D eigenvalue weighted by molar-refractivity contribution is 5.90. The highest BCUT2D eigenvalue weighted by Crippen LogP contribution is 2.35. The minimum atomic E-state index is -0.884. The molecule has 0 radical (unpaired) electrons. The smallest absolute Gasteiger partial charge is 0.319 e. The van der Waals surface area contributed by atoms with Gasteiger partial charge in [-0.15, -0.1) is 0 Å². The third kappa shape index (κ3) is 3.87. The van der Waals surface area contributed by atoms with Crippen molar-refractivity contribution >= 4 is 23.4 Å². The van der Waals surface area contributed by atoms with Crippen LogP contribution < -0.4 is 15.5 Å². The van der Waals surface area contributed by atoms with Gasteiger partial charge in [-0.2, -0.15) is 0 Å². The van der Waals surface area contributed by atoms with Gasteiger partial charge in [0.25, 0.3) is 0 Å². The van der Waals surface area contributed by atoms with E-state index in [1.807, 2.05) is 43.3 Å². The molecule has 1 aromatic rings. The van der Waals surface area contributed by atoms with Gasteiger partial charge in [-0.3, -0.25) is 4.79 Å². The summed E-state index contributed by atoms with van der Waals surface area (Å²) in [6.45, 7) is 0. The van der Waals surface area contributed by atoms with E-state index in [4.69, 9.17) is 5.11 Å². The van der Waals surface area contributed by atoms with E-state index < -0.39 is 11.5 Å². The van der Waals surface area contributed by atoms with Crippen LogP contribution in [0.15, 0.2) is 24.3 Å². The lowest BCUT2D eigenvalue weighted by atomic mass is 9.74. The lowest BCUT2D eigenvalue weighted by molar-refractivity contribution is -0.139. The van der Waals surface area contributed by atoms with E-state index in [0.29, 0.717) is 18.5 Å². The minimum Gasteiger partial charge on any atom is -0.481 e. The van der Waals surface area contributed by atoms with Crippen molar-refractivity contribution in [3.63, 3.8) is 0 Å². The van der Waals surface area contributed by atoms with Crippen molar-refractivity contribution in [1.82, 2.24) is 5.32 Å². The molecule has 0 heterocycles. The Kier molecular flexibility index (Phi) is 4.35. The first-order valence-electron chi connectivity index (χ1n) is 6.99. The Balaban J connectivity index is 1.93. The summed E-state index contributed by atoms with van der Waals surface area (Å²) in [6, 6.07) is 7.10. The van der Waals surface area contributed by atoms with E-state index in [1.54, 1.807) is 0 Å². The Hall–Kier alpha value is -2.24. The summed E-state index contributed by atoms with van der Waals surface area (Å²) < 4.78 is 0. The number of benzene rings is 1. The number of rotatable bonds is 5. The average Bonchev–Trinajstić information content (AvgIpc) is 2.36. The van der Waals surface area contributed by atoms with E-state index in [2.05, 4.69) is 10.6 Å². The molecule has 21 heavy (non-hydrogen) atoms. The maximum Gasteiger partial charge on any atom is 0.319 e. The Morgan fingerprint density at radius 3 is 2.29 bits per heavy atom. The number of carbonyl (C=O) groups is 2.